The van der Waals surface area contributed by atoms with Crippen molar-refractivity contribution in [3.8, 4) is 5.69 Å². The van der Waals surface area contributed by atoms with Gasteiger partial charge in [-0.1, -0.05) is 30.3 Å². The molecule has 3 aromatic carbocycles. The van der Waals surface area contributed by atoms with E-state index in [-0.39, 0.29) is 17.3 Å². The van der Waals surface area contributed by atoms with Crippen molar-refractivity contribution in [3.63, 3.8) is 0 Å². The monoisotopic (exact) mass is 441 g/mol. The lowest BCUT2D eigenvalue weighted by molar-refractivity contribution is 0.127. The lowest BCUT2D eigenvalue weighted by Gasteiger charge is -2.24. The third kappa shape index (κ3) is 2.90. The first-order valence-corrected chi connectivity index (χ1v) is 11.2. The molecule has 2 aliphatic rings. The van der Waals surface area contributed by atoms with Crippen LogP contribution in [0.2, 0.25) is 0 Å². The highest BCUT2D eigenvalue weighted by molar-refractivity contribution is 5.83. The molecule has 1 amide bonds. The van der Waals surface area contributed by atoms with Crippen molar-refractivity contribution < 1.29 is 13.9 Å². The number of rotatable bonds is 3. The number of piperidine rings is 1. The SMILES string of the molecule is COC(=O)N1C[C@H]2[C@H](c3ccccc3)[C@@]2(c2cc3cnn(-c4ccc(F)cc4)c3cc2C)C1. The number of aryl methyl sites for hydroxylation is 1. The molecule has 0 bridgehead atoms. The molecule has 1 saturated carbocycles. The van der Waals surface area contributed by atoms with Gasteiger partial charge in [0, 0.05) is 29.8 Å². The summed E-state index contributed by atoms with van der Waals surface area (Å²) >= 11 is 0. The first kappa shape index (κ1) is 20.0. The van der Waals surface area contributed by atoms with E-state index in [4.69, 9.17) is 4.74 Å². The van der Waals surface area contributed by atoms with Gasteiger partial charge in [0.25, 0.3) is 0 Å². The van der Waals surface area contributed by atoms with Crippen molar-refractivity contribution in [2.45, 2.75) is 18.3 Å². The third-order valence-electron chi connectivity index (χ3n) is 7.46. The van der Waals surface area contributed by atoms with Gasteiger partial charge in [-0.25, -0.2) is 13.9 Å². The maximum absolute atomic E-state index is 13.4. The molecule has 2 heterocycles. The van der Waals surface area contributed by atoms with Crippen LogP contribution in [0.5, 0.6) is 0 Å². The summed E-state index contributed by atoms with van der Waals surface area (Å²) in [5.41, 5.74) is 5.41. The molecule has 166 valence electrons. The van der Waals surface area contributed by atoms with E-state index in [0.717, 1.165) is 16.6 Å². The van der Waals surface area contributed by atoms with E-state index in [1.54, 1.807) is 12.1 Å². The van der Waals surface area contributed by atoms with Gasteiger partial charge in [0.15, 0.2) is 0 Å². The smallest absolute Gasteiger partial charge is 0.409 e. The van der Waals surface area contributed by atoms with Crippen LogP contribution < -0.4 is 0 Å². The maximum Gasteiger partial charge on any atom is 0.409 e. The van der Waals surface area contributed by atoms with Gasteiger partial charge in [-0.2, -0.15) is 5.10 Å². The fourth-order valence-corrected chi connectivity index (χ4v) is 6.00. The minimum atomic E-state index is -0.268. The number of benzene rings is 3. The van der Waals surface area contributed by atoms with E-state index >= 15 is 0 Å². The van der Waals surface area contributed by atoms with E-state index < -0.39 is 0 Å². The highest BCUT2D eigenvalue weighted by Crippen LogP contribution is 2.69. The number of fused-ring (bicyclic) bond motifs is 2. The molecule has 1 saturated heterocycles. The van der Waals surface area contributed by atoms with Gasteiger partial charge in [0.2, 0.25) is 0 Å². The van der Waals surface area contributed by atoms with Crippen LogP contribution in [0, 0.1) is 18.7 Å². The number of hydrogen-bond acceptors (Lipinski definition) is 3. The minimum absolute atomic E-state index is 0.133. The van der Waals surface area contributed by atoms with Crippen LogP contribution in [0.4, 0.5) is 9.18 Å². The highest BCUT2D eigenvalue weighted by Gasteiger charge is 2.71. The van der Waals surface area contributed by atoms with Crippen molar-refractivity contribution in [2.75, 3.05) is 20.2 Å². The molecule has 1 aliphatic carbocycles. The molecule has 6 heteroatoms. The molecule has 4 aromatic rings. The van der Waals surface area contributed by atoms with Gasteiger partial charge in [-0.05, 0) is 65.9 Å². The van der Waals surface area contributed by atoms with Crippen molar-refractivity contribution >= 4 is 17.0 Å². The molecule has 3 atom stereocenters. The molecule has 0 unspecified atom stereocenters. The predicted molar refractivity (Wildman–Crippen MR) is 124 cm³/mol. The number of likely N-dealkylation sites (tertiary alicyclic amines) is 1. The summed E-state index contributed by atoms with van der Waals surface area (Å²) in [6.07, 6.45) is 1.59. The van der Waals surface area contributed by atoms with Crippen molar-refractivity contribution in [1.82, 2.24) is 14.7 Å². The van der Waals surface area contributed by atoms with E-state index in [1.165, 1.54) is 35.9 Å². The van der Waals surface area contributed by atoms with Crippen LogP contribution in [-0.2, 0) is 10.2 Å². The van der Waals surface area contributed by atoms with Gasteiger partial charge < -0.3 is 9.64 Å². The Labute approximate surface area is 191 Å². The van der Waals surface area contributed by atoms with Crippen molar-refractivity contribution in [3.05, 3.63) is 95.4 Å². The van der Waals surface area contributed by atoms with E-state index in [9.17, 15) is 9.18 Å². The van der Waals surface area contributed by atoms with Gasteiger partial charge >= 0.3 is 6.09 Å². The quantitative estimate of drug-likeness (QED) is 0.439. The van der Waals surface area contributed by atoms with Gasteiger partial charge in [0.05, 0.1) is 24.5 Å². The Morgan fingerprint density at radius 2 is 1.88 bits per heavy atom. The number of methoxy groups -OCH3 is 1. The fourth-order valence-electron chi connectivity index (χ4n) is 6.00. The maximum atomic E-state index is 13.4. The summed E-state index contributed by atoms with van der Waals surface area (Å²) in [6, 6.07) is 21.3. The highest BCUT2D eigenvalue weighted by atomic mass is 19.1. The number of hydrogen-bond donors (Lipinski definition) is 0. The minimum Gasteiger partial charge on any atom is -0.453 e. The van der Waals surface area contributed by atoms with E-state index in [1.807, 2.05) is 21.8 Å². The van der Waals surface area contributed by atoms with Gasteiger partial charge in [-0.15, -0.1) is 0 Å². The second-order valence-corrected chi connectivity index (χ2v) is 9.14. The molecule has 2 fully saturated rings. The summed E-state index contributed by atoms with van der Waals surface area (Å²) in [7, 11) is 1.44. The number of carbonyl (C=O) groups excluding carboxylic acids is 1. The fraction of sp³-hybridized carbons (Fsp3) is 0.259. The average Bonchev–Trinajstić information content (AvgIpc) is 3.11. The average molecular weight is 442 g/mol. The molecule has 1 aliphatic heterocycles. The molecule has 0 spiro atoms. The molecule has 33 heavy (non-hydrogen) atoms. The summed E-state index contributed by atoms with van der Waals surface area (Å²) in [6.45, 7) is 3.46. The number of aromatic nitrogens is 2. The molecular weight excluding hydrogens is 417 g/mol. The van der Waals surface area contributed by atoms with Crippen LogP contribution >= 0.6 is 0 Å². The summed E-state index contributed by atoms with van der Waals surface area (Å²) in [4.78, 5) is 14.2. The Hall–Kier alpha value is -3.67. The Bertz CT molecular complexity index is 1370. The van der Waals surface area contributed by atoms with Crippen LogP contribution in [0.1, 0.15) is 22.6 Å². The van der Waals surface area contributed by atoms with E-state index in [2.05, 4.69) is 48.4 Å². The second-order valence-electron chi connectivity index (χ2n) is 9.14. The van der Waals surface area contributed by atoms with Crippen LogP contribution in [0.3, 0.4) is 0 Å². The number of halogens is 1. The Balaban J connectivity index is 1.45. The number of amides is 1. The zero-order chi connectivity index (χ0) is 22.7. The van der Waals surface area contributed by atoms with Crippen molar-refractivity contribution in [2.24, 2.45) is 5.92 Å². The molecule has 0 radical (unpaired) electrons. The standard InChI is InChI=1S/C27H24FN3O2/c1-17-12-24-19(14-29-31(24)21-10-8-20(28)9-11-21)13-22(17)27-16-30(26(32)33-2)15-23(27)25(27)18-6-4-3-5-7-18/h3-14,23,25H,15-16H2,1-2H3/t23-,25-,27+/m0/s1. The Kier molecular flexibility index (Phi) is 4.34. The van der Waals surface area contributed by atoms with Gasteiger partial charge in [-0.3, -0.25) is 0 Å². The summed E-state index contributed by atoms with van der Waals surface area (Å²) < 4.78 is 20.3. The third-order valence-corrected chi connectivity index (χ3v) is 7.46. The molecule has 0 N–H and O–H groups in total. The molecule has 1 aromatic heterocycles. The van der Waals surface area contributed by atoms with Crippen LogP contribution in [-0.4, -0.2) is 41.0 Å². The van der Waals surface area contributed by atoms with Crippen molar-refractivity contribution in [1.29, 1.82) is 0 Å². The lowest BCUT2D eigenvalue weighted by Crippen LogP contribution is -2.34. The number of ether oxygens (including phenoxy) is 1. The molecular formula is C27H24FN3O2. The Morgan fingerprint density at radius 3 is 2.61 bits per heavy atom. The molecule has 6 rings (SSSR count). The predicted octanol–water partition coefficient (Wildman–Crippen LogP) is 5.21. The summed E-state index contributed by atoms with van der Waals surface area (Å²) in [5.74, 6) is 0.445. The second kappa shape index (κ2) is 7.17. The first-order valence-electron chi connectivity index (χ1n) is 11.2. The zero-order valence-corrected chi connectivity index (χ0v) is 18.5. The largest absolute Gasteiger partial charge is 0.453 e. The zero-order valence-electron chi connectivity index (χ0n) is 18.5. The van der Waals surface area contributed by atoms with Gasteiger partial charge in [0.1, 0.15) is 5.82 Å². The van der Waals surface area contributed by atoms with Crippen LogP contribution in [0.25, 0.3) is 16.6 Å². The summed E-state index contributed by atoms with van der Waals surface area (Å²) in [5, 5.41) is 5.61. The topological polar surface area (TPSA) is 47.4 Å². The first-order chi connectivity index (χ1) is 16.0. The lowest BCUT2D eigenvalue weighted by atomic mass is 9.86. The Morgan fingerprint density at radius 1 is 1.12 bits per heavy atom. The normalized spacial score (nSPS) is 23.5. The molecule has 5 nitrogen and oxygen atoms in total. The number of carbonyl (C=O) groups is 1. The number of nitrogens with zero attached hydrogens (tertiary/aromatic N) is 3. The van der Waals surface area contributed by atoms with E-state index in [0.29, 0.717) is 24.9 Å². The van der Waals surface area contributed by atoms with Crippen LogP contribution in [0.15, 0.2) is 72.9 Å².